The Hall–Kier alpha value is -0.120. The minimum atomic E-state index is 0.556. The summed E-state index contributed by atoms with van der Waals surface area (Å²) in [5.74, 6) is 0. The number of ether oxygens (including phenoxy) is 1. The third-order valence-electron chi connectivity index (χ3n) is 4.81. The van der Waals surface area contributed by atoms with Crippen molar-refractivity contribution in [1.29, 1.82) is 0 Å². The van der Waals surface area contributed by atoms with Crippen molar-refractivity contribution in [3.8, 4) is 0 Å². The fourth-order valence-corrected chi connectivity index (χ4v) is 3.62. The van der Waals surface area contributed by atoms with Gasteiger partial charge in [0.15, 0.2) is 0 Å². The van der Waals surface area contributed by atoms with Gasteiger partial charge in [-0.1, -0.05) is 0 Å². The summed E-state index contributed by atoms with van der Waals surface area (Å²) in [4.78, 5) is 2.71. The number of nitrogens with one attached hydrogen (secondary N) is 1. The summed E-state index contributed by atoms with van der Waals surface area (Å²) in [5, 5.41) is 3.47. The molecule has 0 unspecified atom stereocenters. The number of hydrogen-bond donors (Lipinski definition) is 1. The maximum absolute atomic E-state index is 5.69. The van der Waals surface area contributed by atoms with Crippen molar-refractivity contribution in [3.05, 3.63) is 0 Å². The molecule has 3 saturated heterocycles. The van der Waals surface area contributed by atoms with Gasteiger partial charge in [0.25, 0.3) is 0 Å². The van der Waals surface area contributed by atoms with Crippen LogP contribution in [0.4, 0.5) is 0 Å². The van der Waals surface area contributed by atoms with E-state index in [-0.39, 0.29) is 0 Å². The predicted molar refractivity (Wildman–Crippen MR) is 64.6 cm³/mol. The normalized spacial score (nSPS) is 35.6. The molecule has 1 N–H and O–H groups in total. The van der Waals surface area contributed by atoms with Gasteiger partial charge >= 0.3 is 0 Å². The van der Waals surface area contributed by atoms with Gasteiger partial charge in [0.2, 0.25) is 0 Å². The molecule has 0 aliphatic carbocycles. The van der Waals surface area contributed by atoms with Crippen molar-refractivity contribution in [1.82, 2.24) is 10.2 Å². The van der Waals surface area contributed by atoms with Crippen molar-refractivity contribution < 1.29 is 4.74 Å². The largest absolute Gasteiger partial charge is 0.381 e. The van der Waals surface area contributed by atoms with Crippen molar-refractivity contribution in [2.75, 3.05) is 39.4 Å². The third-order valence-corrected chi connectivity index (χ3v) is 4.81. The molecule has 1 spiro atoms. The van der Waals surface area contributed by atoms with Gasteiger partial charge in [-0.2, -0.15) is 0 Å². The first kappa shape index (κ1) is 11.0. The molecule has 0 aromatic rings. The maximum Gasteiger partial charge on any atom is 0.0523 e. The second kappa shape index (κ2) is 4.63. The lowest BCUT2D eigenvalue weighted by Gasteiger charge is -2.45. The number of rotatable bonds is 1. The first-order valence-corrected chi connectivity index (χ1v) is 6.91. The molecule has 0 aromatic carbocycles. The van der Waals surface area contributed by atoms with Crippen molar-refractivity contribution >= 4 is 0 Å². The topological polar surface area (TPSA) is 24.5 Å². The minimum absolute atomic E-state index is 0.556. The van der Waals surface area contributed by atoms with Gasteiger partial charge in [0.1, 0.15) is 0 Å². The molecule has 0 aromatic heterocycles. The average molecular weight is 224 g/mol. The van der Waals surface area contributed by atoms with Crippen LogP contribution in [0.25, 0.3) is 0 Å². The molecular formula is C13H24N2O. The number of nitrogens with zero attached hydrogens (tertiary/aromatic N) is 1. The van der Waals surface area contributed by atoms with Crippen LogP contribution in [-0.2, 0) is 4.74 Å². The molecule has 0 amide bonds. The van der Waals surface area contributed by atoms with E-state index in [1.807, 2.05) is 0 Å². The van der Waals surface area contributed by atoms with Crippen LogP contribution in [0, 0.1) is 5.41 Å². The molecule has 3 rings (SSSR count). The van der Waals surface area contributed by atoms with Crippen LogP contribution in [0.1, 0.15) is 32.1 Å². The number of piperidine rings is 1. The summed E-state index contributed by atoms with van der Waals surface area (Å²) in [5.41, 5.74) is 0.556. The van der Waals surface area contributed by atoms with Crippen LogP contribution in [0.2, 0.25) is 0 Å². The average Bonchev–Trinajstić information content (AvgIpc) is 2.85. The quantitative estimate of drug-likeness (QED) is 0.725. The second-order valence-electron chi connectivity index (χ2n) is 5.84. The highest BCUT2D eigenvalue weighted by Gasteiger charge is 2.38. The fourth-order valence-electron chi connectivity index (χ4n) is 3.62. The lowest BCUT2D eigenvalue weighted by molar-refractivity contribution is -0.0474. The van der Waals surface area contributed by atoms with Crippen LogP contribution in [-0.4, -0.2) is 50.3 Å². The fraction of sp³-hybridized carbons (Fsp3) is 1.00. The third kappa shape index (κ3) is 2.13. The summed E-state index contributed by atoms with van der Waals surface area (Å²) in [6.07, 6.45) is 6.77. The predicted octanol–water partition coefficient (Wildman–Crippen LogP) is 1.24. The molecule has 0 radical (unpaired) electrons. The van der Waals surface area contributed by atoms with Gasteiger partial charge in [0.05, 0.1) is 6.61 Å². The van der Waals surface area contributed by atoms with Gasteiger partial charge in [-0.15, -0.1) is 0 Å². The Labute approximate surface area is 98.5 Å². The summed E-state index contributed by atoms with van der Waals surface area (Å²) >= 11 is 0. The van der Waals surface area contributed by atoms with Gasteiger partial charge in [0, 0.05) is 19.2 Å². The lowest BCUT2D eigenvalue weighted by atomic mass is 9.74. The zero-order chi connectivity index (χ0) is 10.8. The summed E-state index contributed by atoms with van der Waals surface area (Å²) in [6, 6.07) is 0.821. The highest BCUT2D eigenvalue weighted by Crippen LogP contribution is 2.39. The van der Waals surface area contributed by atoms with Crippen LogP contribution < -0.4 is 5.32 Å². The van der Waals surface area contributed by atoms with Crippen LogP contribution in [0.3, 0.4) is 0 Å². The summed E-state index contributed by atoms with van der Waals surface area (Å²) in [6.45, 7) is 7.06. The van der Waals surface area contributed by atoms with E-state index >= 15 is 0 Å². The van der Waals surface area contributed by atoms with E-state index in [4.69, 9.17) is 4.74 Å². The van der Waals surface area contributed by atoms with Gasteiger partial charge in [-0.05, 0) is 57.2 Å². The Bertz CT molecular complexity index is 222. The van der Waals surface area contributed by atoms with Crippen molar-refractivity contribution in [2.24, 2.45) is 5.41 Å². The zero-order valence-corrected chi connectivity index (χ0v) is 10.2. The summed E-state index contributed by atoms with van der Waals surface area (Å²) < 4.78 is 5.69. The first-order chi connectivity index (χ1) is 7.88. The van der Waals surface area contributed by atoms with Gasteiger partial charge in [-0.25, -0.2) is 0 Å². The maximum atomic E-state index is 5.69. The van der Waals surface area contributed by atoms with Crippen LogP contribution in [0.5, 0.6) is 0 Å². The van der Waals surface area contributed by atoms with E-state index in [9.17, 15) is 0 Å². The van der Waals surface area contributed by atoms with E-state index in [1.165, 1.54) is 58.3 Å². The summed E-state index contributed by atoms with van der Waals surface area (Å²) in [7, 11) is 0. The SMILES string of the molecule is C1COCC2(C1)CCN([C@@H]1CCNC1)CC2. The van der Waals surface area contributed by atoms with Crippen LogP contribution in [0.15, 0.2) is 0 Å². The van der Waals surface area contributed by atoms with E-state index in [0.29, 0.717) is 5.41 Å². The van der Waals surface area contributed by atoms with Crippen molar-refractivity contribution in [3.63, 3.8) is 0 Å². The lowest BCUT2D eigenvalue weighted by Crippen LogP contribution is -2.48. The Balaban J connectivity index is 1.54. The second-order valence-corrected chi connectivity index (χ2v) is 5.84. The molecule has 3 nitrogen and oxygen atoms in total. The molecule has 3 heteroatoms. The Morgan fingerprint density at radius 1 is 1.19 bits per heavy atom. The first-order valence-electron chi connectivity index (χ1n) is 6.91. The molecule has 92 valence electrons. The smallest absolute Gasteiger partial charge is 0.0523 e. The van der Waals surface area contributed by atoms with E-state index in [0.717, 1.165) is 19.3 Å². The highest BCUT2D eigenvalue weighted by atomic mass is 16.5. The van der Waals surface area contributed by atoms with Crippen LogP contribution >= 0.6 is 0 Å². The van der Waals surface area contributed by atoms with E-state index < -0.39 is 0 Å². The standard InChI is InChI=1S/C13H24N2O/c1-3-13(11-16-9-1)4-7-15(8-5-13)12-2-6-14-10-12/h12,14H,1-11H2/t12-/m1/s1. The molecule has 0 bridgehead atoms. The minimum Gasteiger partial charge on any atom is -0.381 e. The monoisotopic (exact) mass is 224 g/mol. The van der Waals surface area contributed by atoms with Gasteiger partial charge in [-0.3, -0.25) is 4.90 Å². The Morgan fingerprint density at radius 3 is 2.69 bits per heavy atom. The molecule has 3 aliphatic rings. The molecule has 1 atom stereocenters. The Morgan fingerprint density at radius 2 is 2.06 bits per heavy atom. The molecule has 3 fully saturated rings. The Kier molecular flexibility index (Phi) is 3.18. The molecular weight excluding hydrogens is 200 g/mol. The molecule has 3 heterocycles. The highest BCUT2D eigenvalue weighted by molar-refractivity contribution is 4.91. The van der Waals surface area contributed by atoms with Crippen molar-refractivity contribution in [2.45, 2.75) is 38.1 Å². The van der Waals surface area contributed by atoms with E-state index in [2.05, 4.69) is 10.2 Å². The van der Waals surface area contributed by atoms with Gasteiger partial charge < -0.3 is 10.1 Å². The van der Waals surface area contributed by atoms with E-state index in [1.54, 1.807) is 0 Å². The molecule has 0 saturated carbocycles. The number of likely N-dealkylation sites (tertiary alicyclic amines) is 1. The molecule has 3 aliphatic heterocycles. The molecule has 16 heavy (non-hydrogen) atoms. The zero-order valence-electron chi connectivity index (χ0n) is 10.2. The number of hydrogen-bond acceptors (Lipinski definition) is 3.